The fraction of sp³-hybridized carbons (Fsp3) is 0. The Bertz CT molecular complexity index is 601. The number of carbonyl (C=O) groups excluding carboxylic acids is 1. The van der Waals surface area contributed by atoms with Gasteiger partial charge in [0.15, 0.2) is 5.76 Å². The molecule has 0 aliphatic carbocycles. The Morgan fingerprint density at radius 3 is 2.63 bits per heavy atom. The molecule has 1 heterocycles. The Kier molecular flexibility index (Phi) is 4.39. The minimum Gasteiger partial charge on any atom is -0.506 e. The summed E-state index contributed by atoms with van der Waals surface area (Å²) < 4.78 is 5.97. The van der Waals surface area contributed by atoms with E-state index in [4.69, 9.17) is 4.42 Å². The minimum atomic E-state index is -0.432. The molecule has 0 fully saturated rings. The first kappa shape index (κ1) is 13.8. The van der Waals surface area contributed by atoms with Gasteiger partial charge in [-0.1, -0.05) is 0 Å². The number of benzene rings is 1. The molecule has 1 amide bonds. The van der Waals surface area contributed by atoms with Crippen LogP contribution in [0.15, 0.2) is 49.0 Å². The summed E-state index contributed by atoms with van der Waals surface area (Å²) in [4.78, 5) is 11.5. The molecule has 0 aliphatic rings. The van der Waals surface area contributed by atoms with Crippen molar-refractivity contribution in [1.29, 1.82) is 0 Å². The van der Waals surface area contributed by atoms with Crippen LogP contribution in [-0.4, -0.2) is 17.2 Å². The maximum atomic E-state index is 11.5. The summed E-state index contributed by atoms with van der Waals surface area (Å²) >= 11 is 6.41. The van der Waals surface area contributed by atoms with Crippen LogP contribution < -0.4 is 5.43 Å². The van der Waals surface area contributed by atoms with Gasteiger partial charge in [0.2, 0.25) is 0 Å². The van der Waals surface area contributed by atoms with Crippen LogP contribution in [0.25, 0.3) is 0 Å². The zero-order valence-corrected chi connectivity index (χ0v) is 12.6. The van der Waals surface area contributed by atoms with E-state index in [0.29, 0.717) is 14.5 Å². The first-order chi connectivity index (χ1) is 9.08. The summed E-state index contributed by atoms with van der Waals surface area (Å²) in [6, 6.07) is 6.50. The molecule has 19 heavy (non-hydrogen) atoms. The highest BCUT2D eigenvalue weighted by atomic mass is 79.9. The SMILES string of the molecule is O=C(N/N=C/c1cc(Br)c(O)c(Br)c1)c1ccco1. The summed E-state index contributed by atoms with van der Waals surface area (Å²) in [5.41, 5.74) is 3.04. The third-order valence-corrected chi connectivity index (χ3v) is 3.37. The largest absolute Gasteiger partial charge is 0.506 e. The number of phenols is 1. The van der Waals surface area contributed by atoms with Crippen molar-refractivity contribution in [3.63, 3.8) is 0 Å². The molecule has 2 N–H and O–H groups in total. The summed E-state index contributed by atoms with van der Waals surface area (Å²) in [5.74, 6) is -0.139. The lowest BCUT2D eigenvalue weighted by molar-refractivity contribution is 0.0927. The van der Waals surface area contributed by atoms with Gasteiger partial charge in [-0.25, -0.2) is 5.43 Å². The first-order valence-corrected chi connectivity index (χ1v) is 6.71. The average molecular weight is 388 g/mol. The van der Waals surface area contributed by atoms with Gasteiger partial charge in [-0.3, -0.25) is 4.79 Å². The van der Waals surface area contributed by atoms with Gasteiger partial charge in [-0.05, 0) is 61.7 Å². The van der Waals surface area contributed by atoms with Crippen LogP contribution in [0.5, 0.6) is 5.75 Å². The van der Waals surface area contributed by atoms with Crippen molar-refractivity contribution in [1.82, 2.24) is 5.43 Å². The monoisotopic (exact) mass is 386 g/mol. The molecule has 1 aromatic heterocycles. The molecule has 1 aromatic carbocycles. The van der Waals surface area contributed by atoms with E-state index >= 15 is 0 Å². The third kappa shape index (κ3) is 3.45. The highest BCUT2D eigenvalue weighted by Crippen LogP contribution is 2.32. The van der Waals surface area contributed by atoms with Crippen molar-refractivity contribution in [2.45, 2.75) is 0 Å². The molecule has 0 unspecified atom stereocenters. The van der Waals surface area contributed by atoms with Crippen LogP contribution in [0, 0.1) is 0 Å². The Morgan fingerprint density at radius 2 is 2.05 bits per heavy atom. The third-order valence-electron chi connectivity index (χ3n) is 2.16. The van der Waals surface area contributed by atoms with Crippen LogP contribution in [0.3, 0.4) is 0 Å². The number of halogens is 2. The normalized spacial score (nSPS) is 10.8. The van der Waals surface area contributed by atoms with Gasteiger partial charge in [0.05, 0.1) is 21.4 Å². The number of furan rings is 1. The Labute approximate surface area is 125 Å². The van der Waals surface area contributed by atoms with Gasteiger partial charge in [0.25, 0.3) is 0 Å². The second-order valence-corrected chi connectivity index (χ2v) is 5.22. The van der Waals surface area contributed by atoms with Gasteiger partial charge in [0.1, 0.15) is 5.75 Å². The van der Waals surface area contributed by atoms with Crippen LogP contribution in [-0.2, 0) is 0 Å². The van der Waals surface area contributed by atoms with Crippen LogP contribution in [0.1, 0.15) is 16.1 Å². The summed E-state index contributed by atoms with van der Waals surface area (Å²) in [6.45, 7) is 0. The molecule has 2 aromatic rings. The van der Waals surface area contributed by atoms with E-state index in [1.807, 2.05) is 0 Å². The van der Waals surface area contributed by atoms with E-state index < -0.39 is 5.91 Å². The predicted molar refractivity (Wildman–Crippen MR) is 77.3 cm³/mol. The molecule has 0 bridgehead atoms. The highest BCUT2D eigenvalue weighted by Gasteiger charge is 2.07. The molecule has 5 nitrogen and oxygen atoms in total. The molecular weight excluding hydrogens is 380 g/mol. The number of phenolic OH excluding ortho intramolecular Hbond substituents is 1. The maximum Gasteiger partial charge on any atom is 0.307 e. The molecule has 0 aliphatic heterocycles. The quantitative estimate of drug-likeness (QED) is 0.626. The Balaban J connectivity index is 2.05. The van der Waals surface area contributed by atoms with E-state index in [1.165, 1.54) is 12.5 Å². The standard InChI is InChI=1S/C12H8Br2N2O3/c13-8-4-7(5-9(14)11(8)17)6-15-16-12(18)10-2-1-3-19-10/h1-6,17H,(H,16,18)/b15-6+. The maximum absolute atomic E-state index is 11.5. The molecule has 98 valence electrons. The molecule has 0 spiro atoms. The summed E-state index contributed by atoms with van der Waals surface area (Å²) in [6.07, 6.45) is 2.86. The fourth-order valence-electron chi connectivity index (χ4n) is 1.29. The Morgan fingerprint density at radius 1 is 1.37 bits per heavy atom. The van der Waals surface area contributed by atoms with Gasteiger partial charge in [-0.2, -0.15) is 5.10 Å². The van der Waals surface area contributed by atoms with Crippen molar-refractivity contribution in [3.8, 4) is 5.75 Å². The van der Waals surface area contributed by atoms with Gasteiger partial charge in [-0.15, -0.1) is 0 Å². The number of hydrazone groups is 1. The molecule has 7 heteroatoms. The number of carbonyl (C=O) groups is 1. The van der Waals surface area contributed by atoms with E-state index in [-0.39, 0.29) is 11.5 Å². The van der Waals surface area contributed by atoms with Crippen molar-refractivity contribution >= 4 is 44.0 Å². The minimum absolute atomic E-state index is 0.108. The zero-order valence-electron chi connectivity index (χ0n) is 9.43. The second-order valence-electron chi connectivity index (χ2n) is 3.51. The number of hydrogen-bond acceptors (Lipinski definition) is 4. The topological polar surface area (TPSA) is 74.8 Å². The first-order valence-electron chi connectivity index (χ1n) is 5.13. The van der Waals surface area contributed by atoms with Crippen LogP contribution in [0.2, 0.25) is 0 Å². The number of rotatable bonds is 3. The average Bonchev–Trinajstić information content (AvgIpc) is 2.89. The van der Waals surface area contributed by atoms with Crippen molar-refractivity contribution in [2.75, 3.05) is 0 Å². The lowest BCUT2D eigenvalue weighted by Crippen LogP contribution is -2.16. The van der Waals surface area contributed by atoms with Crippen molar-refractivity contribution in [2.24, 2.45) is 5.10 Å². The summed E-state index contributed by atoms with van der Waals surface area (Å²) in [7, 11) is 0. The van der Waals surface area contributed by atoms with E-state index in [1.54, 1.807) is 24.3 Å². The number of nitrogens with zero attached hydrogens (tertiary/aromatic N) is 1. The molecule has 0 saturated carbocycles. The lowest BCUT2D eigenvalue weighted by atomic mass is 10.2. The Hall–Kier alpha value is -1.60. The second kappa shape index (κ2) is 6.03. The van der Waals surface area contributed by atoms with Crippen LogP contribution in [0.4, 0.5) is 0 Å². The van der Waals surface area contributed by atoms with E-state index in [0.717, 1.165) is 0 Å². The molecular formula is C12H8Br2N2O3. The predicted octanol–water partition coefficient (Wildman–Crippen LogP) is 3.27. The van der Waals surface area contributed by atoms with Crippen molar-refractivity contribution in [3.05, 3.63) is 50.8 Å². The highest BCUT2D eigenvalue weighted by molar-refractivity contribution is 9.11. The zero-order chi connectivity index (χ0) is 13.8. The smallest absolute Gasteiger partial charge is 0.307 e. The molecule has 0 atom stereocenters. The van der Waals surface area contributed by atoms with Gasteiger partial charge >= 0.3 is 5.91 Å². The van der Waals surface area contributed by atoms with E-state index in [9.17, 15) is 9.90 Å². The van der Waals surface area contributed by atoms with Gasteiger partial charge in [0, 0.05) is 0 Å². The fourth-order valence-corrected chi connectivity index (χ4v) is 2.51. The number of aromatic hydroxyl groups is 1. The lowest BCUT2D eigenvalue weighted by Gasteiger charge is -2.01. The molecule has 2 rings (SSSR count). The molecule has 0 radical (unpaired) electrons. The van der Waals surface area contributed by atoms with E-state index in [2.05, 4.69) is 42.4 Å². The van der Waals surface area contributed by atoms with Gasteiger partial charge < -0.3 is 9.52 Å². The number of hydrogen-bond donors (Lipinski definition) is 2. The van der Waals surface area contributed by atoms with Crippen molar-refractivity contribution < 1.29 is 14.3 Å². The van der Waals surface area contributed by atoms with Crippen LogP contribution >= 0.6 is 31.9 Å². The number of nitrogens with one attached hydrogen (secondary N) is 1. The summed E-state index contributed by atoms with van der Waals surface area (Å²) in [5, 5.41) is 13.4. The number of amides is 1. The molecule has 0 saturated heterocycles.